The van der Waals surface area contributed by atoms with Crippen molar-refractivity contribution in [1.82, 2.24) is 19.6 Å². The average Bonchev–Trinajstić information content (AvgIpc) is 2.78. The maximum Gasteiger partial charge on any atom is 0.370 e. The third-order valence-electron chi connectivity index (χ3n) is 3.19. The van der Waals surface area contributed by atoms with E-state index in [1.165, 1.54) is 4.52 Å². The smallest absolute Gasteiger partial charge is 0.370 e. The minimum absolute atomic E-state index is 0.243. The van der Waals surface area contributed by atoms with Gasteiger partial charge in [-0.25, -0.2) is 4.79 Å². The molecular weight excluding hydrogens is 232 g/mol. The zero-order chi connectivity index (χ0) is 12.9. The summed E-state index contributed by atoms with van der Waals surface area (Å²) < 4.78 is 1.19. The van der Waals surface area contributed by atoms with Crippen molar-refractivity contribution in [2.24, 2.45) is 0 Å². The highest BCUT2D eigenvalue weighted by atomic mass is 16.3. The van der Waals surface area contributed by atoms with Crippen molar-refractivity contribution in [3.8, 4) is 0 Å². The van der Waals surface area contributed by atoms with Crippen molar-refractivity contribution in [2.75, 3.05) is 0 Å². The van der Waals surface area contributed by atoms with Gasteiger partial charge >= 0.3 is 5.69 Å². The lowest BCUT2D eigenvalue weighted by atomic mass is 10.1. The Bertz CT molecular complexity index is 816. The van der Waals surface area contributed by atoms with Crippen LogP contribution in [0.5, 0.6) is 0 Å². The largest absolute Gasteiger partial charge is 0.388 e. The van der Waals surface area contributed by atoms with Gasteiger partial charge in [0, 0.05) is 5.39 Å². The molecule has 3 rings (SSSR count). The molecule has 1 aromatic carbocycles. The van der Waals surface area contributed by atoms with E-state index in [-0.39, 0.29) is 6.61 Å². The van der Waals surface area contributed by atoms with Gasteiger partial charge in [0.2, 0.25) is 0 Å². The summed E-state index contributed by atoms with van der Waals surface area (Å²) in [7, 11) is 0. The topological polar surface area (TPSA) is 83.3 Å². The normalized spacial score (nSPS) is 11.5. The Morgan fingerprint density at radius 1 is 1.39 bits per heavy atom. The van der Waals surface area contributed by atoms with Crippen molar-refractivity contribution in [3.63, 3.8) is 0 Å². The molecule has 3 aromatic rings. The van der Waals surface area contributed by atoms with Crippen LogP contribution < -0.4 is 5.69 Å². The van der Waals surface area contributed by atoms with Gasteiger partial charge in [-0.1, -0.05) is 6.07 Å². The highest BCUT2D eigenvalue weighted by molar-refractivity contribution is 5.94. The van der Waals surface area contributed by atoms with Crippen LogP contribution in [0.3, 0.4) is 0 Å². The maximum atomic E-state index is 11.8. The molecule has 0 radical (unpaired) electrons. The molecule has 0 bridgehead atoms. The fourth-order valence-corrected chi connectivity index (χ4v) is 2.11. The van der Waals surface area contributed by atoms with Gasteiger partial charge < -0.3 is 10.1 Å². The number of nitrogens with one attached hydrogen (secondary N) is 1. The first kappa shape index (κ1) is 10.9. The Kier molecular flexibility index (Phi) is 2.21. The van der Waals surface area contributed by atoms with Gasteiger partial charge in [-0.15, -0.1) is 5.10 Å². The Morgan fingerprint density at radius 3 is 2.89 bits per heavy atom. The summed E-state index contributed by atoms with van der Waals surface area (Å²) in [4.78, 5) is 18.8. The van der Waals surface area contributed by atoms with Gasteiger partial charge in [0.25, 0.3) is 0 Å². The molecule has 0 aliphatic rings. The van der Waals surface area contributed by atoms with E-state index < -0.39 is 5.69 Å². The number of aromatic amines is 1. The van der Waals surface area contributed by atoms with E-state index in [9.17, 15) is 4.79 Å². The summed E-state index contributed by atoms with van der Waals surface area (Å²) >= 11 is 0. The van der Waals surface area contributed by atoms with Crippen LogP contribution in [0.1, 0.15) is 17.0 Å². The van der Waals surface area contributed by atoms with Gasteiger partial charge in [0.1, 0.15) is 12.3 Å². The minimum Gasteiger partial charge on any atom is -0.388 e. The number of H-pyrrole nitrogens is 1. The molecule has 2 heterocycles. The third kappa shape index (κ3) is 1.36. The number of benzene rings is 1. The van der Waals surface area contributed by atoms with Crippen LogP contribution in [-0.4, -0.2) is 24.7 Å². The third-order valence-corrected chi connectivity index (χ3v) is 3.19. The summed E-state index contributed by atoms with van der Waals surface area (Å²) in [6, 6.07) is 3.75. The number of hydrogen-bond donors (Lipinski definition) is 2. The molecular formula is C12H12N4O2. The number of rotatable bonds is 1. The van der Waals surface area contributed by atoms with E-state index in [4.69, 9.17) is 5.11 Å². The lowest BCUT2D eigenvalue weighted by Gasteiger charge is -2.05. The molecule has 0 unspecified atom stereocenters. The quantitative estimate of drug-likeness (QED) is 0.659. The van der Waals surface area contributed by atoms with Gasteiger partial charge in [-0.3, -0.25) is 0 Å². The molecule has 2 N–H and O–H groups in total. The van der Waals surface area contributed by atoms with Gasteiger partial charge in [-0.05, 0) is 31.0 Å². The van der Waals surface area contributed by atoms with Gasteiger partial charge in [0.15, 0.2) is 5.82 Å². The molecule has 92 valence electrons. The van der Waals surface area contributed by atoms with Crippen molar-refractivity contribution >= 4 is 16.6 Å². The number of hydrogen-bond acceptors (Lipinski definition) is 4. The number of aliphatic hydroxyl groups is 1. The lowest BCUT2D eigenvalue weighted by molar-refractivity contribution is 0.271. The van der Waals surface area contributed by atoms with Crippen LogP contribution >= 0.6 is 0 Å². The fraction of sp³-hybridized carbons (Fsp3) is 0.250. The van der Waals surface area contributed by atoms with Gasteiger partial charge in [-0.2, -0.15) is 9.50 Å². The highest BCUT2D eigenvalue weighted by Crippen LogP contribution is 2.22. The summed E-state index contributed by atoms with van der Waals surface area (Å²) in [5.41, 5.74) is 2.93. The van der Waals surface area contributed by atoms with Crippen LogP contribution in [-0.2, 0) is 6.61 Å². The van der Waals surface area contributed by atoms with E-state index in [1.807, 2.05) is 26.0 Å². The van der Waals surface area contributed by atoms with Crippen LogP contribution in [0.4, 0.5) is 0 Å². The molecule has 0 fully saturated rings. The molecule has 0 atom stereocenters. The lowest BCUT2D eigenvalue weighted by Crippen LogP contribution is -2.18. The Labute approximate surface area is 102 Å². The van der Waals surface area contributed by atoms with E-state index in [1.54, 1.807) is 0 Å². The first-order valence-corrected chi connectivity index (χ1v) is 5.60. The van der Waals surface area contributed by atoms with E-state index in [0.717, 1.165) is 16.5 Å². The second kappa shape index (κ2) is 3.64. The summed E-state index contributed by atoms with van der Waals surface area (Å²) in [6.45, 7) is 3.73. The second-order valence-corrected chi connectivity index (χ2v) is 4.29. The summed E-state index contributed by atoms with van der Waals surface area (Å²) in [5.74, 6) is 0.349. The molecule has 18 heavy (non-hydrogen) atoms. The molecule has 6 nitrogen and oxygen atoms in total. The molecule has 6 heteroatoms. The molecule has 0 aliphatic carbocycles. The van der Waals surface area contributed by atoms with E-state index in [0.29, 0.717) is 17.0 Å². The average molecular weight is 244 g/mol. The number of aromatic nitrogens is 4. The van der Waals surface area contributed by atoms with Gasteiger partial charge in [0.05, 0.1) is 5.52 Å². The molecule has 0 amide bonds. The monoisotopic (exact) mass is 244 g/mol. The number of fused-ring (bicyclic) bond motifs is 3. The van der Waals surface area contributed by atoms with Crippen LogP contribution in [0, 0.1) is 13.8 Å². The second-order valence-electron chi connectivity index (χ2n) is 4.29. The predicted molar refractivity (Wildman–Crippen MR) is 66.5 cm³/mol. The Morgan fingerprint density at radius 2 is 2.17 bits per heavy atom. The zero-order valence-corrected chi connectivity index (χ0v) is 10.1. The van der Waals surface area contributed by atoms with Crippen molar-refractivity contribution in [1.29, 1.82) is 0 Å². The first-order chi connectivity index (χ1) is 8.61. The SMILES string of the molecule is Cc1ccc2nc(=O)n3nc(CO)[nH]c3c2c1C. The van der Waals surface area contributed by atoms with Crippen LogP contribution in [0.15, 0.2) is 16.9 Å². The highest BCUT2D eigenvalue weighted by Gasteiger charge is 2.12. The zero-order valence-electron chi connectivity index (χ0n) is 10.1. The molecule has 0 saturated carbocycles. The first-order valence-electron chi connectivity index (χ1n) is 5.60. The Balaban J connectivity index is 2.61. The molecule has 0 spiro atoms. The van der Waals surface area contributed by atoms with Crippen molar-refractivity contribution in [2.45, 2.75) is 20.5 Å². The summed E-state index contributed by atoms with van der Waals surface area (Å²) in [6.07, 6.45) is 0. The molecule has 0 aliphatic heterocycles. The standard InChI is InChI=1S/C12H12N4O2/c1-6-3-4-8-10(7(6)2)11-14-9(5-17)15-16(11)12(18)13-8/h3-4,17H,5H2,1-2H3,(H,14,15). The van der Waals surface area contributed by atoms with Crippen LogP contribution in [0.25, 0.3) is 16.6 Å². The van der Waals surface area contributed by atoms with Crippen LogP contribution in [0.2, 0.25) is 0 Å². The molecule has 2 aromatic heterocycles. The number of aryl methyl sites for hydroxylation is 2. The van der Waals surface area contributed by atoms with Crippen molar-refractivity contribution < 1.29 is 5.11 Å². The Hall–Kier alpha value is -2.21. The van der Waals surface area contributed by atoms with E-state index >= 15 is 0 Å². The van der Waals surface area contributed by atoms with E-state index in [2.05, 4.69) is 15.1 Å². The van der Waals surface area contributed by atoms with Crippen molar-refractivity contribution in [3.05, 3.63) is 39.6 Å². The molecule has 0 saturated heterocycles. The fourth-order valence-electron chi connectivity index (χ4n) is 2.11. The number of nitrogens with zero attached hydrogens (tertiary/aromatic N) is 3. The number of aliphatic hydroxyl groups excluding tert-OH is 1. The maximum absolute atomic E-state index is 11.8. The minimum atomic E-state index is -0.447. The summed E-state index contributed by atoms with van der Waals surface area (Å²) in [5, 5.41) is 13.9. The predicted octanol–water partition coefficient (Wildman–Crippen LogP) is 0.680.